The minimum absolute atomic E-state index is 0.136. The maximum absolute atomic E-state index is 12.4. The maximum Gasteiger partial charge on any atom is 0.227 e. The zero-order valence-corrected chi connectivity index (χ0v) is 14.3. The zero-order chi connectivity index (χ0) is 17.1. The molecule has 0 aliphatic carbocycles. The fourth-order valence-electron chi connectivity index (χ4n) is 3.11. The van der Waals surface area contributed by atoms with E-state index in [1.54, 1.807) is 0 Å². The van der Waals surface area contributed by atoms with Gasteiger partial charge in [-0.15, -0.1) is 0 Å². The van der Waals surface area contributed by atoms with Crippen molar-refractivity contribution >= 4 is 11.8 Å². The van der Waals surface area contributed by atoms with Crippen LogP contribution in [0, 0.1) is 0 Å². The van der Waals surface area contributed by atoms with Gasteiger partial charge in [-0.05, 0) is 23.3 Å². The van der Waals surface area contributed by atoms with Crippen molar-refractivity contribution in [2.24, 2.45) is 14.1 Å². The summed E-state index contributed by atoms with van der Waals surface area (Å²) >= 11 is 0. The molecule has 0 N–H and O–H groups in total. The molecule has 3 heterocycles. The SMILES string of the molecule is Cn1ccc(CC(=O)N2CCN(C(=O)Cc3ccn(C)c3)CC2)c1. The number of piperazine rings is 1. The van der Waals surface area contributed by atoms with Gasteiger partial charge in [0.25, 0.3) is 0 Å². The Morgan fingerprint density at radius 1 is 0.792 bits per heavy atom. The molecule has 6 nitrogen and oxygen atoms in total. The molecule has 2 aromatic heterocycles. The van der Waals surface area contributed by atoms with Gasteiger partial charge in [-0.1, -0.05) is 0 Å². The monoisotopic (exact) mass is 328 g/mol. The van der Waals surface area contributed by atoms with Crippen molar-refractivity contribution in [1.29, 1.82) is 0 Å². The summed E-state index contributed by atoms with van der Waals surface area (Å²) in [4.78, 5) is 28.4. The van der Waals surface area contributed by atoms with E-state index in [-0.39, 0.29) is 11.8 Å². The lowest BCUT2D eigenvalue weighted by atomic mass is 10.2. The van der Waals surface area contributed by atoms with Crippen LogP contribution in [0.4, 0.5) is 0 Å². The first-order valence-electron chi connectivity index (χ1n) is 8.28. The molecular formula is C18H24N4O2. The lowest BCUT2D eigenvalue weighted by Crippen LogP contribution is -2.51. The lowest BCUT2D eigenvalue weighted by molar-refractivity contribution is -0.138. The van der Waals surface area contributed by atoms with Gasteiger partial charge in [0, 0.05) is 65.1 Å². The highest BCUT2D eigenvalue weighted by Gasteiger charge is 2.24. The number of carbonyl (C=O) groups excluding carboxylic acids is 2. The summed E-state index contributed by atoms with van der Waals surface area (Å²) in [5, 5.41) is 0. The molecule has 2 aromatic rings. The lowest BCUT2D eigenvalue weighted by Gasteiger charge is -2.34. The van der Waals surface area contributed by atoms with Gasteiger partial charge in [-0.25, -0.2) is 0 Å². The van der Waals surface area contributed by atoms with Gasteiger partial charge < -0.3 is 18.9 Å². The summed E-state index contributed by atoms with van der Waals surface area (Å²) in [6.07, 6.45) is 8.69. The minimum atomic E-state index is 0.136. The third-order valence-corrected chi connectivity index (χ3v) is 4.48. The second kappa shape index (κ2) is 6.95. The Labute approximate surface area is 142 Å². The molecule has 128 valence electrons. The molecule has 0 aromatic carbocycles. The molecule has 1 aliphatic rings. The molecule has 0 unspecified atom stereocenters. The Balaban J connectivity index is 1.48. The van der Waals surface area contributed by atoms with Crippen molar-refractivity contribution < 1.29 is 9.59 Å². The van der Waals surface area contributed by atoms with E-state index in [0.717, 1.165) is 11.1 Å². The first kappa shape index (κ1) is 16.4. The van der Waals surface area contributed by atoms with Gasteiger partial charge in [0.2, 0.25) is 11.8 Å². The summed E-state index contributed by atoms with van der Waals surface area (Å²) in [7, 11) is 3.90. The summed E-state index contributed by atoms with van der Waals surface area (Å²) in [5.74, 6) is 0.271. The van der Waals surface area contributed by atoms with Gasteiger partial charge in [0.1, 0.15) is 0 Å². The second-order valence-electron chi connectivity index (χ2n) is 6.49. The smallest absolute Gasteiger partial charge is 0.227 e. The summed E-state index contributed by atoms with van der Waals surface area (Å²) in [6, 6.07) is 3.94. The van der Waals surface area contributed by atoms with Crippen LogP contribution in [0.15, 0.2) is 36.9 Å². The molecule has 0 bridgehead atoms. The van der Waals surface area contributed by atoms with E-state index in [9.17, 15) is 9.59 Å². The van der Waals surface area contributed by atoms with E-state index in [4.69, 9.17) is 0 Å². The normalized spacial score (nSPS) is 14.9. The van der Waals surface area contributed by atoms with Crippen molar-refractivity contribution in [2.45, 2.75) is 12.8 Å². The molecule has 0 radical (unpaired) electrons. The third-order valence-electron chi connectivity index (χ3n) is 4.48. The Kier molecular flexibility index (Phi) is 4.74. The van der Waals surface area contributed by atoms with Crippen LogP contribution < -0.4 is 0 Å². The molecule has 2 amide bonds. The van der Waals surface area contributed by atoms with E-state index in [1.165, 1.54) is 0 Å². The van der Waals surface area contributed by atoms with Gasteiger partial charge in [0.15, 0.2) is 0 Å². The number of aryl methyl sites for hydroxylation is 2. The van der Waals surface area contributed by atoms with Crippen molar-refractivity contribution in [3.8, 4) is 0 Å². The molecule has 1 aliphatic heterocycles. The van der Waals surface area contributed by atoms with Crippen molar-refractivity contribution in [3.63, 3.8) is 0 Å². The van der Waals surface area contributed by atoms with Crippen molar-refractivity contribution in [3.05, 3.63) is 48.0 Å². The predicted molar refractivity (Wildman–Crippen MR) is 91.4 cm³/mol. The average molecular weight is 328 g/mol. The number of hydrogen-bond acceptors (Lipinski definition) is 2. The van der Waals surface area contributed by atoms with E-state index in [1.807, 2.05) is 69.9 Å². The first-order valence-corrected chi connectivity index (χ1v) is 8.28. The van der Waals surface area contributed by atoms with E-state index < -0.39 is 0 Å². The standard InChI is InChI=1S/C18H24N4O2/c1-19-5-3-15(13-19)11-17(23)21-7-9-22(10-8-21)18(24)12-16-4-6-20(2)14-16/h3-6,13-14H,7-12H2,1-2H3. The number of amides is 2. The second-order valence-corrected chi connectivity index (χ2v) is 6.49. The molecule has 0 saturated carbocycles. The van der Waals surface area contributed by atoms with Crippen molar-refractivity contribution in [1.82, 2.24) is 18.9 Å². The Morgan fingerprint density at radius 2 is 1.17 bits per heavy atom. The van der Waals surface area contributed by atoms with Crippen molar-refractivity contribution in [2.75, 3.05) is 26.2 Å². The molecule has 0 atom stereocenters. The molecule has 1 saturated heterocycles. The number of hydrogen-bond donors (Lipinski definition) is 0. The van der Waals surface area contributed by atoms with E-state index in [0.29, 0.717) is 39.0 Å². The fraction of sp³-hybridized carbons (Fsp3) is 0.444. The summed E-state index contributed by atoms with van der Waals surface area (Å²) in [5.41, 5.74) is 2.06. The number of rotatable bonds is 4. The van der Waals surface area contributed by atoms with Crippen LogP contribution in [0.3, 0.4) is 0 Å². The topological polar surface area (TPSA) is 50.5 Å². The highest BCUT2D eigenvalue weighted by molar-refractivity contribution is 5.81. The van der Waals surface area contributed by atoms with Gasteiger partial charge >= 0.3 is 0 Å². The van der Waals surface area contributed by atoms with E-state index in [2.05, 4.69) is 0 Å². The van der Waals surface area contributed by atoms with Crippen LogP contribution in [0.5, 0.6) is 0 Å². The molecule has 0 spiro atoms. The highest BCUT2D eigenvalue weighted by Crippen LogP contribution is 2.10. The molecule has 6 heteroatoms. The van der Waals surface area contributed by atoms with Crippen LogP contribution >= 0.6 is 0 Å². The molecule has 1 fully saturated rings. The largest absolute Gasteiger partial charge is 0.357 e. The van der Waals surface area contributed by atoms with Gasteiger partial charge in [0.05, 0.1) is 12.8 Å². The summed E-state index contributed by atoms with van der Waals surface area (Å²) < 4.78 is 3.89. The third kappa shape index (κ3) is 3.88. The Bertz CT molecular complexity index is 661. The molecule has 3 rings (SSSR count). The van der Waals surface area contributed by atoms with Gasteiger partial charge in [-0.2, -0.15) is 0 Å². The fourth-order valence-corrected chi connectivity index (χ4v) is 3.11. The highest BCUT2D eigenvalue weighted by atomic mass is 16.2. The quantitative estimate of drug-likeness (QED) is 0.834. The van der Waals surface area contributed by atoms with Gasteiger partial charge in [-0.3, -0.25) is 9.59 Å². The van der Waals surface area contributed by atoms with Crippen LogP contribution in [-0.2, 0) is 36.5 Å². The number of nitrogens with zero attached hydrogens (tertiary/aromatic N) is 4. The molecular weight excluding hydrogens is 304 g/mol. The average Bonchev–Trinajstić information content (AvgIpc) is 3.15. The minimum Gasteiger partial charge on any atom is -0.357 e. The Hall–Kier alpha value is -2.50. The first-order chi connectivity index (χ1) is 11.5. The van der Waals surface area contributed by atoms with Crippen LogP contribution in [-0.4, -0.2) is 56.9 Å². The van der Waals surface area contributed by atoms with E-state index >= 15 is 0 Å². The number of aromatic nitrogens is 2. The summed E-state index contributed by atoms with van der Waals surface area (Å²) in [6.45, 7) is 2.47. The predicted octanol–water partition coefficient (Wildman–Crippen LogP) is 0.820. The maximum atomic E-state index is 12.4. The van der Waals surface area contributed by atoms with Crippen LogP contribution in [0.1, 0.15) is 11.1 Å². The van der Waals surface area contributed by atoms with Crippen LogP contribution in [0.25, 0.3) is 0 Å². The number of carbonyl (C=O) groups is 2. The Morgan fingerprint density at radius 3 is 1.46 bits per heavy atom. The van der Waals surface area contributed by atoms with Crippen LogP contribution in [0.2, 0.25) is 0 Å². The molecule has 24 heavy (non-hydrogen) atoms. The zero-order valence-electron chi connectivity index (χ0n) is 14.3.